The molecule has 0 saturated carbocycles. The molecule has 176 valence electrons. The number of hydrogen-bond acceptors (Lipinski definition) is 7. The number of carboxylic acids is 2. The summed E-state index contributed by atoms with van der Waals surface area (Å²) in [5.74, 6) is -4.16. The van der Waals surface area contributed by atoms with Gasteiger partial charge >= 0.3 is 11.9 Å². The molecule has 0 bridgehead atoms. The van der Waals surface area contributed by atoms with Crippen molar-refractivity contribution < 1.29 is 34.2 Å². The number of carbonyl (C=O) groups excluding carboxylic acids is 3. The Labute approximate surface area is 186 Å². The second-order valence-corrected chi connectivity index (χ2v) is 8.37. The summed E-state index contributed by atoms with van der Waals surface area (Å²) in [5.41, 5.74) is 5.83. The van der Waals surface area contributed by atoms with E-state index in [4.69, 9.17) is 10.8 Å². The van der Waals surface area contributed by atoms with Crippen LogP contribution in [0.1, 0.15) is 46.0 Å². The van der Waals surface area contributed by atoms with Crippen molar-refractivity contribution in [3.63, 3.8) is 0 Å². The van der Waals surface area contributed by atoms with Gasteiger partial charge in [-0.25, -0.2) is 4.79 Å². The number of aliphatic carboxylic acids is 2. The summed E-state index contributed by atoms with van der Waals surface area (Å²) in [6, 6.07) is -4.18. The third-order valence-corrected chi connectivity index (χ3v) is 5.33. The van der Waals surface area contributed by atoms with Crippen LogP contribution in [-0.4, -0.2) is 81.2 Å². The molecule has 0 aromatic rings. The molecule has 0 spiro atoms. The van der Waals surface area contributed by atoms with Gasteiger partial charge in [-0.3, -0.25) is 19.2 Å². The predicted molar refractivity (Wildman–Crippen MR) is 114 cm³/mol. The van der Waals surface area contributed by atoms with Crippen LogP contribution >= 0.6 is 12.6 Å². The monoisotopic (exact) mass is 460 g/mol. The first-order valence-electron chi connectivity index (χ1n) is 10.2. The molecule has 0 aromatic heterocycles. The predicted octanol–water partition coefficient (Wildman–Crippen LogP) is -0.800. The second kappa shape index (κ2) is 12.5. The molecular weight excluding hydrogens is 428 g/mol. The van der Waals surface area contributed by atoms with Crippen LogP contribution in [0.15, 0.2) is 0 Å². The summed E-state index contributed by atoms with van der Waals surface area (Å²) in [7, 11) is 0. The van der Waals surface area contributed by atoms with E-state index in [9.17, 15) is 29.1 Å². The fourth-order valence-corrected chi connectivity index (χ4v) is 3.63. The summed E-state index contributed by atoms with van der Waals surface area (Å²) in [6.07, 6.45) is 0.565. The Morgan fingerprint density at radius 2 is 1.71 bits per heavy atom. The lowest BCUT2D eigenvalue weighted by Crippen LogP contribution is -2.57. The minimum absolute atomic E-state index is 0.0761. The summed E-state index contributed by atoms with van der Waals surface area (Å²) >= 11 is 4.07. The van der Waals surface area contributed by atoms with Gasteiger partial charge in [0.25, 0.3) is 0 Å². The molecular formula is C19H32N4O7S. The second-order valence-electron chi connectivity index (χ2n) is 8.00. The summed E-state index contributed by atoms with van der Waals surface area (Å²) in [4.78, 5) is 61.4. The number of carbonyl (C=O) groups is 5. The fourth-order valence-electron chi connectivity index (χ4n) is 3.37. The molecule has 1 aliphatic heterocycles. The molecule has 0 aliphatic carbocycles. The van der Waals surface area contributed by atoms with Gasteiger partial charge < -0.3 is 31.5 Å². The number of nitrogens with two attached hydrogens (primary N) is 1. The first-order chi connectivity index (χ1) is 14.5. The van der Waals surface area contributed by atoms with Crippen LogP contribution in [0.4, 0.5) is 0 Å². The van der Waals surface area contributed by atoms with Crippen molar-refractivity contribution in [3.05, 3.63) is 0 Å². The van der Waals surface area contributed by atoms with Crippen LogP contribution in [0, 0.1) is 5.92 Å². The van der Waals surface area contributed by atoms with Crippen LogP contribution < -0.4 is 16.4 Å². The Morgan fingerprint density at radius 1 is 1.10 bits per heavy atom. The maximum Gasteiger partial charge on any atom is 0.326 e. The van der Waals surface area contributed by atoms with Gasteiger partial charge in [0.05, 0.1) is 6.04 Å². The van der Waals surface area contributed by atoms with Crippen molar-refractivity contribution in [1.29, 1.82) is 0 Å². The Morgan fingerprint density at radius 3 is 2.23 bits per heavy atom. The third-order valence-electron chi connectivity index (χ3n) is 4.96. The van der Waals surface area contributed by atoms with Crippen LogP contribution in [-0.2, 0) is 24.0 Å². The molecule has 31 heavy (non-hydrogen) atoms. The van der Waals surface area contributed by atoms with Crippen molar-refractivity contribution in [2.75, 3.05) is 12.3 Å². The van der Waals surface area contributed by atoms with Gasteiger partial charge in [-0.15, -0.1) is 0 Å². The van der Waals surface area contributed by atoms with Gasteiger partial charge in [0.1, 0.15) is 18.1 Å². The maximum absolute atomic E-state index is 12.9. The van der Waals surface area contributed by atoms with E-state index < -0.39 is 60.2 Å². The fraction of sp³-hybridized carbons (Fsp3) is 0.737. The molecule has 6 N–H and O–H groups in total. The first-order valence-corrected chi connectivity index (χ1v) is 10.8. The van der Waals surface area contributed by atoms with Crippen molar-refractivity contribution in [1.82, 2.24) is 15.5 Å². The Balaban J connectivity index is 2.90. The molecule has 1 rings (SSSR count). The lowest BCUT2D eigenvalue weighted by molar-refractivity contribution is -0.150. The number of nitrogens with one attached hydrogen (secondary N) is 2. The minimum atomic E-state index is -1.24. The standard InChI is InChI=1S/C19H32N4O7S/c1-10(2)8-11(20)16(26)22-13(9-31)17(27)21-12(5-6-15(24)25)18(28)23-7-3-4-14(23)19(29)30/h10-14,31H,3-9,20H2,1-2H3,(H,21,27)(H,22,26)(H,24,25)(H,29,30). The normalized spacial score (nSPS) is 18.9. The maximum atomic E-state index is 12.9. The highest BCUT2D eigenvalue weighted by molar-refractivity contribution is 7.80. The lowest BCUT2D eigenvalue weighted by Gasteiger charge is -2.28. The highest BCUT2D eigenvalue weighted by atomic mass is 32.1. The molecule has 3 amide bonds. The SMILES string of the molecule is CC(C)CC(N)C(=O)NC(CS)C(=O)NC(CCC(=O)O)C(=O)N1CCCC1C(=O)O. The smallest absolute Gasteiger partial charge is 0.326 e. The Bertz CT molecular complexity index is 688. The van der Waals surface area contributed by atoms with Gasteiger partial charge in [0.2, 0.25) is 17.7 Å². The zero-order valence-electron chi connectivity index (χ0n) is 17.7. The molecule has 0 radical (unpaired) electrons. The average Bonchev–Trinajstić information content (AvgIpc) is 3.17. The van der Waals surface area contributed by atoms with Crippen molar-refractivity contribution in [3.8, 4) is 0 Å². The summed E-state index contributed by atoms with van der Waals surface area (Å²) < 4.78 is 0. The number of amides is 3. The molecule has 12 heteroatoms. The number of hydrogen-bond donors (Lipinski definition) is 6. The first kappa shape index (κ1) is 26.7. The van der Waals surface area contributed by atoms with E-state index in [1.54, 1.807) is 0 Å². The number of likely N-dealkylation sites (tertiary alicyclic amines) is 1. The van der Waals surface area contributed by atoms with E-state index in [0.29, 0.717) is 12.8 Å². The summed E-state index contributed by atoms with van der Waals surface area (Å²) in [5, 5.41) is 23.2. The molecule has 4 unspecified atom stereocenters. The van der Waals surface area contributed by atoms with Crippen LogP contribution in [0.3, 0.4) is 0 Å². The van der Waals surface area contributed by atoms with Gasteiger partial charge in [-0.05, 0) is 31.6 Å². The van der Waals surface area contributed by atoms with E-state index in [2.05, 4.69) is 23.3 Å². The quantitative estimate of drug-likeness (QED) is 0.205. The van der Waals surface area contributed by atoms with Gasteiger partial charge in [0, 0.05) is 18.7 Å². The van der Waals surface area contributed by atoms with Crippen molar-refractivity contribution >= 4 is 42.3 Å². The Hall–Kier alpha value is -2.34. The third kappa shape index (κ3) is 8.37. The zero-order valence-corrected chi connectivity index (χ0v) is 18.6. The highest BCUT2D eigenvalue weighted by Crippen LogP contribution is 2.19. The minimum Gasteiger partial charge on any atom is -0.481 e. The Kier molecular flexibility index (Phi) is 10.8. The largest absolute Gasteiger partial charge is 0.481 e. The molecule has 1 fully saturated rings. The lowest BCUT2D eigenvalue weighted by atomic mass is 10.0. The number of nitrogens with zero attached hydrogens (tertiary/aromatic N) is 1. The van der Waals surface area contributed by atoms with Crippen LogP contribution in [0.25, 0.3) is 0 Å². The molecule has 4 atom stereocenters. The highest BCUT2D eigenvalue weighted by Gasteiger charge is 2.38. The van der Waals surface area contributed by atoms with Crippen molar-refractivity contribution in [2.24, 2.45) is 11.7 Å². The van der Waals surface area contributed by atoms with E-state index >= 15 is 0 Å². The van der Waals surface area contributed by atoms with E-state index in [-0.39, 0.29) is 31.1 Å². The van der Waals surface area contributed by atoms with E-state index in [1.807, 2.05) is 13.8 Å². The number of rotatable bonds is 12. The van der Waals surface area contributed by atoms with E-state index in [0.717, 1.165) is 4.90 Å². The average molecular weight is 461 g/mol. The molecule has 11 nitrogen and oxygen atoms in total. The molecule has 1 aliphatic rings. The van der Waals surface area contributed by atoms with Gasteiger partial charge in [-0.1, -0.05) is 13.8 Å². The van der Waals surface area contributed by atoms with Crippen LogP contribution in [0.5, 0.6) is 0 Å². The molecule has 1 saturated heterocycles. The zero-order chi connectivity index (χ0) is 23.7. The van der Waals surface area contributed by atoms with Crippen molar-refractivity contribution in [2.45, 2.75) is 70.1 Å². The van der Waals surface area contributed by atoms with E-state index in [1.165, 1.54) is 0 Å². The van der Waals surface area contributed by atoms with Gasteiger partial charge in [-0.2, -0.15) is 12.6 Å². The topological polar surface area (TPSA) is 179 Å². The molecule has 1 heterocycles. The number of carboxylic acid groups (broad SMARTS) is 2. The summed E-state index contributed by atoms with van der Waals surface area (Å²) in [6.45, 7) is 4.00. The molecule has 0 aromatic carbocycles. The number of thiol groups is 1. The van der Waals surface area contributed by atoms with Crippen LogP contribution in [0.2, 0.25) is 0 Å². The van der Waals surface area contributed by atoms with Gasteiger partial charge in [0.15, 0.2) is 0 Å².